The number of aryl methyl sites for hydroxylation is 3. The van der Waals surface area contributed by atoms with Gasteiger partial charge in [0.25, 0.3) is 5.91 Å². The van der Waals surface area contributed by atoms with E-state index in [-0.39, 0.29) is 11.8 Å². The van der Waals surface area contributed by atoms with Crippen LogP contribution >= 0.6 is 0 Å². The van der Waals surface area contributed by atoms with Gasteiger partial charge in [-0.05, 0) is 66.3 Å². The van der Waals surface area contributed by atoms with Gasteiger partial charge in [0.15, 0.2) is 0 Å². The van der Waals surface area contributed by atoms with E-state index in [1.807, 2.05) is 24.3 Å². The molecule has 1 aliphatic rings. The molecule has 1 atom stereocenters. The molecule has 1 heterocycles. The molecule has 4 rings (SSSR count). The number of hydrogen-bond acceptors (Lipinski definition) is 2. The molecule has 0 saturated carbocycles. The lowest BCUT2D eigenvalue weighted by Crippen LogP contribution is -2.40. The third-order valence-corrected chi connectivity index (χ3v) is 5.47. The van der Waals surface area contributed by atoms with Crippen molar-refractivity contribution in [2.24, 2.45) is 0 Å². The van der Waals surface area contributed by atoms with Crippen molar-refractivity contribution >= 4 is 22.6 Å². The Morgan fingerprint density at radius 1 is 1.00 bits per heavy atom. The molecule has 2 amide bonds. The van der Waals surface area contributed by atoms with Crippen molar-refractivity contribution in [3.8, 4) is 11.1 Å². The summed E-state index contributed by atoms with van der Waals surface area (Å²) in [4.78, 5) is 24.7. The molecule has 1 fully saturated rings. The van der Waals surface area contributed by atoms with E-state index in [0.29, 0.717) is 18.5 Å². The van der Waals surface area contributed by atoms with Gasteiger partial charge >= 0.3 is 0 Å². The first-order valence-electron chi connectivity index (χ1n) is 9.64. The Labute approximate surface area is 165 Å². The highest BCUT2D eigenvalue weighted by molar-refractivity contribution is 6.11. The summed E-state index contributed by atoms with van der Waals surface area (Å²) in [6.45, 7) is 6.97. The summed E-state index contributed by atoms with van der Waals surface area (Å²) < 4.78 is 0. The van der Waals surface area contributed by atoms with Gasteiger partial charge in [-0.15, -0.1) is 0 Å². The van der Waals surface area contributed by atoms with E-state index in [9.17, 15) is 9.59 Å². The maximum absolute atomic E-state index is 12.9. The number of fused-ring (bicyclic) bond motifs is 1. The molecule has 0 bridgehead atoms. The van der Waals surface area contributed by atoms with Crippen LogP contribution in [0.1, 0.15) is 33.5 Å². The van der Waals surface area contributed by atoms with Gasteiger partial charge in [-0.3, -0.25) is 9.59 Å². The van der Waals surface area contributed by atoms with Crippen LogP contribution in [0, 0.1) is 20.8 Å². The van der Waals surface area contributed by atoms with Gasteiger partial charge < -0.3 is 10.6 Å². The summed E-state index contributed by atoms with van der Waals surface area (Å²) in [5, 5.41) is 7.57. The largest absolute Gasteiger partial charge is 0.354 e. The van der Waals surface area contributed by atoms with Crippen LogP contribution in [-0.4, -0.2) is 24.4 Å². The summed E-state index contributed by atoms with van der Waals surface area (Å²) in [7, 11) is 0. The summed E-state index contributed by atoms with van der Waals surface area (Å²) in [6, 6.07) is 15.8. The van der Waals surface area contributed by atoms with E-state index >= 15 is 0 Å². The van der Waals surface area contributed by atoms with Crippen LogP contribution in [0.25, 0.3) is 21.9 Å². The van der Waals surface area contributed by atoms with Crippen LogP contribution in [0.15, 0.2) is 48.5 Å². The fraction of sp³-hybridized carbons (Fsp3) is 0.250. The first-order chi connectivity index (χ1) is 13.5. The van der Waals surface area contributed by atoms with Gasteiger partial charge in [-0.2, -0.15) is 0 Å². The van der Waals surface area contributed by atoms with E-state index < -0.39 is 6.04 Å². The van der Waals surface area contributed by atoms with Gasteiger partial charge in [0.2, 0.25) is 5.91 Å². The number of amides is 2. The van der Waals surface area contributed by atoms with Crippen LogP contribution in [0.5, 0.6) is 0 Å². The van der Waals surface area contributed by atoms with Gasteiger partial charge in [-0.1, -0.05) is 48.0 Å². The van der Waals surface area contributed by atoms with Crippen molar-refractivity contribution < 1.29 is 9.59 Å². The average Bonchev–Trinajstić information content (AvgIpc) is 3.05. The molecule has 2 N–H and O–H groups in total. The molecule has 0 aromatic heterocycles. The average molecular weight is 372 g/mol. The van der Waals surface area contributed by atoms with Crippen molar-refractivity contribution in [3.05, 3.63) is 70.8 Å². The van der Waals surface area contributed by atoms with E-state index in [0.717, 1.165) is 16.3 Å². The fourth-order valence-electron chi connectivity index (χ4n) is 4.30. The lowest BCUT2D eigenvalue weighted by atomic mass is 9.89. The molecule has 142 valence electrons. The van der Waals surface area contributed by atoms with Crippen molar-refractivity contribution in [2.75, 3.05) is 6.54 Å². The minimum atomic E-state index is -0.451. The highest BCUT2D eigenvalue weighted by Gasteiger charge is 2.26. The van der Waals surface area contributed by atoms with E-state index in [4.69, 9.17) is 0 Å². The molecule has 28 heavy (non-hydrogen) atoms. The Morgan fingerprint density at radius 3 is 2.36 bits per heavy atom. The highest BCUT2D eigenvalue weighted by atomic mass is 16.2. The molecule has 0 spiro atoms. The van der Waals surface area contributed by atoms with E-state index in [1.165, 1.54) is 22.3 Å². The molecular weight excluding hydrogens is 348 g/mol. The van der Waals surface area contributed by atoms with Crippen LogP contribution in [0.3, 0.4) is 0 Å². The predicted octanol–water partition coefficient (Wildman–Crippen LogP) is 4.05. The minimum absolute atomic E-state index is 0.111. The fourth-order valence-corrected chi connectivity index (χ4v) is 4.30. The molecule has 1 aliphatic heterocycles. The van der Waals surface area contributed by atoms with Crippen molar-refractivity contribution in [2.45, 2.75) is 33.2 Å². The number of rotatable bonds is 3. The lowest BCUT2D eigenvalue weighted by Gasteiger charge is -2.16. The normalized spacial score (nSPS) is 16.2. The van der Waals surface area contributed by atoms with Crippen molar-refractivity contribution in [1.82, 2.24) is 10.6 Å². The van der Waals surface area contributed by atoms with Crippen LogP contribution < -0.4 is 10.6 Å². The molecule has 1 saturated heterocycles. The zero-order valence-corrected chi connectivity index (χ0v) is 16.4. The first-order valence-corrected chi connectivity index (χ1v) is 9.64. The van der Waals surface area contributed by atoms with Gasteiger partial charge in [0.1, 0.15) is 6.04 Å². The highest BCUT2D eigenvalue weighted by Crippen LogP contribution is 2.35. The summed E-state index contributed by atoms with van der Waals surface area (Å²) in [5.41, 5.74) is 6.63. The topological polar surface area (TPSA) is 58.2 Å². The van der Waals surface area contributed by atoms with Crippen LogP contribution in [0.4, 0.5) is 0 Å². The van der Waals surface area contributed by atoms with Crippen LogP contribution in [0.2, 0.25) is 0 Å². The second kappa shape index (κ2) is 7.12. The summed E-state index contributed by atoms with van der Waals surface area (Å²) >= 11 is 0. The first kappa shape index (κ1) is 18.2. The molecule has 4 heteroatoms. The van der Waals surface area contributed by atoms with Gasteiger partial charge in [0, 0.05) is 12.1 Å². The number of carbonyl (C=O) groups excluding carboxylic acids is 2. The lowest BCUT2D eigenvalue weighted by molar-refractivity contribution is -0.120. The van der Waals surface area contributed by atoms with Gasteiger partial charge in [0.05, 0.1) is 0 Å². The van der Waals surface area contributed by atoms with Crippen LogP contribution in [-0.2, 0) is 4.79 Å². The molecule has 0 aliphatic carbocycles. The smallest absolute Gasteiger partial charge is 0.252 e. The Kier molecular flexibility index (Phi) is 4.63. The molecule has 1 unspecified atom stereocenters. The number of benzene rings is 3. The second-order valence-electron chi connectivity index (χ2n) is 7.59. The monoisotopic (exact) mass is 372 g/mol. The Morgan fingerprint density at radius 2 is 1.68 bits per heavy atom. The third kappa shape index (κ3) is 3.15. The number of carbonyl (C=O) groups is 2. The van der Waals surface area contributed by atoms with Gasteiger partial charge in [-0.25, -0.2) is 0 Å². The number of hydrogen-bond donors (Lipinski definition) is 2. The summed E-state index contributed by atoms with van der Waals surface area (Å²) in [6.07, 6.45) is 0.627. The molecule has 3 aromatic rings. The second-order valence-corrected chi connectivity index (χ2v) is 7.59. The maximum Gasteiger partial charge on any atom is 0.252 e. The Hall–Kier alpha value is -3.14. The zero-order valence-electron chi connectivity index (χ0n) is 16.4. The molecule has 0 radical (unpaired) electrons. The van der Waals surface area contributed by atoms with Crippen molar-refractivity contribution in [3.63, 3.8) is 0 Å². The molecule has 4 nitrogen and oxygen atoms in total. The quantitative estimate of drug-likeness (QED) is 0.729. The van der Waals surface area contributed by atoms with E-state index in [1.54, 1.807) is 0 Å². The third-order valence-electron chi connectivity index (χ3n) is 5.47. The van der Waals surface area contributed by atoms with Crippen molar-refractivity contribution in [1.29, 1.82) is 0 Å². The minimum Gasteiger partial charge on any atom is -0.354 e. The molecular formula is C24H24N2O2. The zero-order chi connectivity index (χ0) is 19.8. The Bertz CT molecular complexity index is 1080. The predicted molar refractivity (Wildman–Crippen MR) is 112 cm³/mol. The maximum atomic E-state index is 12.9. The Balaban J connectivity index is 1.81. The summed E-state index contributed by atoms with van der Waals surface area (Å²) in [5.74, 6) is -0.317. The van der Waals surface area contributed by atoms with E-state index in [2.05, 4.69) is 55.7 Å². The number of nitrogens with one attached hydrogen (secondary N) is 2. The standard InChI is InChI=1S/C24H24N2O2/c1-14-12-15(2)22(16(3)13-14)19-8-4-7-18-17(19)6-5-9-20(18)23(27)26-21-10-11-25-24(21)28/h4-9,12-13,21H,10-11H2,1-3H3,(H,25,28)(H,26,27). The SMILES string of the molecule is Cc1cc(C)c(-c2cccc3c(C(=O)NC4CCNC4=O)cccc23)c(C)c1. The molecule has 3 aromatic carbocycles.